The van der Waals surface area contributed by atoms with Gasteiger partial charge in [-0.2, -0.15) is 0 Å². The van der Waals surface area contributed by atoms with Crippen LogP contribution < -0.4 is 20.1 Å². The molecule has 7 heteroatoms. The van der Waals surface area contributed by atoms with Crippen LogP contribution in [0.25, 0.3) is 0 Å². The minimum atomic E-state index is -0.215. The van der Waals surface area contributed by atoms with Crippen LogP contribution in [0.4, 0.5) is 4.39 Å². The van der Waals surface area contributed by atoms with Gasteiger partial charge in [-0.25, -0.2) is 4.39 Å². The van der Waals surface area contributed by atoms with Crippen molar-refractivity contribution in [3.63, 3.8) is 0 Å². The Morgan fingerprint density at radius 1 is 0.929 bits per heavy atom. The zero-order valence-corrected chi connectivity index (χ0v) is 19.0. The first-order valence-electron chi connectivity index (χ1n) is 9.13. The lowest BCUT2D eigenvalue weighted by atomic mass is 10.1. The number of nitrogens with one attached hydrogen (secondary N) is 2. The van der Waals surface area contributed by atoms with Crippen molar-refractivity contribution < 1.29 is 13.9 Å². The third-order valence-electron chi connectivity index (χ3n) is 4.08. The van der Waals surface area contributed by atoms with Crippen LogP contribution in [0, 0.1) is 5.82 Å². The van der Waals surface area contributed by atoms with Crippen molar-refractivity contribution in [2.24, 2.45) is 4.99 Å². The molecule has 0 aromatic heterocycles. The molecule has 0 spiro atoms. The first-order valence-corrected chi connectivity index (χ1v) is 9.13. The number of methoxy groups -OCH3 is 2. The fourth-order valence-corrected chi connectivity index (χ4v) is 2.65. The predicted octanol–water partition coefficient (Wildman–Crippen LogP) is 3.80. The number of benzene rings is 2. The summed E-state index contributed by atoms with van der Waals surface area (Å²) in [5, 5.41) is 6.58. The summed E-state index contributed by atoms with van der Waals surface area (Å²) in [5.41, 5.74) is 2.23. The standard InChI is InChI=1S/C21H28FN3O2.HI/c1-4-23-21(24-13-11-16-5-8-18(22)9-6-16)25-14-12-17-7-10-19(26-2)20(15-17)27-3;/h5-10,15H,4,11-14H2,1-3H3,(H2,23,24,25);1H. The molecule has 2 rings (SSSR count). The maximum absolute atomic E-state index is 12.9. The van der Waals surface area contributed by atoms with E-state index < -0.39 is 0 Å². The van der Waals surface area contributed by atoms with Gasteiger partial charge < -0.3 is 20.1 Å². The fraction of sp³-hybridized carbons (Fsp3) is 0.381. The van der Waals surface area contributed by atoms with Gasteiger partial charge in [-0.1, -0.05) is 18.2 Å². The third kappa shape index (κ3) is 7.92. The van der Waals surface area contributed by atoms with Gasteiger partial charge in [0, 0.05) is 19.6 Å². The van der Waals surface area contributed by atoms with E-state index in [9.17, 15) is 4.39 Å². The molecule has 154 valence electrons. The second-order valence-electron chi connectivity index (χ2n) is 6.00. The SMILES string of the molecule is CCNC(=NCCc1ccc(F)cc1)NCCc1ccc(OC)c(OC)c1.I. The molecule has 2 aromatic rings. The molecule has 0 atom stereocenters. The molecular formula is C21H29FIN3O2. The lowest BCUT2D eigenvalue weighted by Crippen LogP contribution is -2.38. The van der Waals surface area contributed by atoms with Crippen LogP contribution in [0.15, 0.2) is 47.5 Å². The van der Waals surface area contributed by atoms with Gasteiger partial charge in [0.05, 0.1) is 14.2 Å². The van der Waals surface area contributed by atoms with E-state index in [-0.39, 0.29) is 29.8 Å². The van der Waals surface area contributed by atoms with Gasteiger partial charge in [-0.3, -0.25) is 4.99 Å². The van der Waals surface area contributed by atoms with Crippen LogP contribution in [-0.2, 0) is 12.8 Å². The predicted molar refractivity (Wildman–Crippen MR) is 123 cm³/mol. The van der Waals surface area contributed by atoms with Crippen molar-refractivity contribution in [2.75, 3.05) is 33.9 Å². The summed E-state index contributed by atoms with van der Waals surface area (Å²) < 4.78 is 23.5. The number of nitrogens with zero attached hydrogens (tertiary/aromatic N) is 1. The summed E-state index contributed by atoms with van der Waals surface area (Å²) >= 11 is 0. The molecule has 2 N–H and O–H groups in total. The lowest BCUT2D eigenvalue weighted by Gasteiger charge is -2.12. The molecule has 2 aromatic carbocycles. The molecule has 0 bridgehead atoms. The normalized spacial score (nSPS) is 10.8. The van der Waals surface area contributed by atoms with Gasteiger partial charge in [-0.05, 0) is 55.2 Å². The van der Waals surface area contributed by atoms with E-state index in [1.165, 1.54) is 12.1 Å². The van der Waals surface area contributed by atoms with Crippen LogP contribution >= 0.6 is 24.0 Å². The summed E-state index contributed by atoms with van der Waals surface area (Å²) in [6, 6.07) is 12.5. The van der Waals surface area contributed by atoms with E-state index in [1.54, 1.807) is 26.4 Å². The summed E-state index contributed by atoms with van der Waals surface area (Å²) in [4.78, 5) is 4.58. The number of hydrogen-bond acceptors (Lipinski definition) is 3. The molecule has 0 heterocycles. The Balaban J connectivity index is 0.00000392. The zero-order chi connectivity index (χ0) is 19.5. The molecule has 0 unspecified atom stereocenters. The smallest absolute Gasteiger partial charge is 0.191 e. The Morgan fingerprint density at radius 2 is 1.61 bits per heavy atom. The summed E-state index contributed by atoms with van der Waals surface area (Å²) in [7, 11) is 3.26. The number of ether oxygens (including phenoxy) is 2. The lowest BCUT2D eigenvalue weighted by molar-refractivity contribution is 0.354. The first kappa shape index (κ1) is 24.0. The van der Waals surface area contributed by atoms with Gasteiger partial charge >= 0.3 is 0 Å². The maximum atomic E-state index is 12.9. The van der Waals surface area contributed by atoms with Crippen LogP contribution in [-0.4, -0.2) is 39.8 Å². The van der Waals surface area contributed by atoms with Gasteiger partial charge in [0.1, 0.15) is 5.82 Å². The van der Waals surface area contributed by atoms with Crippen LogP contribution in [0.1, 0.15) is 18.1 Å². The van der Waals surface area contributed by atoms with Crippen LogP contribution in [0.2, 0.25) is 0 Å². The molecule has 0 amide bonds. The highest BCUT2D eigenvalue weighted by molar-refractivity contribution is 14.0. The Morgan fingerprint density at radius 3 is 2.25 bits per heavy atom. The van der Waals surface area contributed by atoms with Crippen molar-refractivity contribution >= 4 is 29.9 Å². The monoisotopic (exact) mass is 501 g/mol. The van der Waals surface area contributed by atoms with Crippen molar-refractivity contribution in [1.82, 2.24) is 10.6 Å². The van der Waals surface area contributed by atoms with Crippen molar-refractivity contribution in [1.29, 1.82) is 0 Å². The Labute approximate surface area is 183 Å². The minimum absolute atomic E-state index is 0. The quantitative estimate of drug-likeness (QED) is 0.312. The molecule has 0 aliphatic rings. The highest BCUT2D eigenvalue weighted by Gasteiger charge is 2.05. The van der Waals surface area contributed by atoms with Gasteiger partial charge in [0.15, 0.2) is 17.5 Å². The Kier molecular flexibility index (Phi) is 11.3. The van der Waals surface area contributed by atoms with Gasteiger partial charge in [0.25, 0.3) is 0 Å². The van der Waals surface area contributed by atoms with E-state index in [0.717, 1.165) is 54.5 Å². The van der Waals surface area contributed by atoms with Crippen molar-refractivity contribution in [3.8, 4) is 11.5 Å². The Bertz CT molecular complexity index is 739. The van der Waals surface area contributed by atoms with Crippen molar-refractivity contribution in [3.05, 3.63) is 59.4 Å². The average molecular weight is 501 g/mol. The topological polar surface area (TPSA) is 54.9 Å². The summed E-state index contributed by atoms with van der Waals surface area (Å²) in [6.45, 7) is 4.21. The van der Waals surface area contributed by atoms with E-state index in [4.69, 9.17) is 9.47 Å². The van der Waals surface area contributed by atoms with E-state index in [0.29, 0.717) is 6.54 Å². The highest BCUT2D eigenvalue weighted by atomic mass is 127. The number of aliphatic imine (C=N–C) groups is 1. The van der Waals surface area contributed by atoms with E-state index >= 15 is 0 Å². The van der Waals surface area contributed by atoms with Crippen LogP contribution in [0.3, 0.4) is 0 Å². The second kappa shape index (κ2) is 13.2. The van der Waals surface area contributed by atoms with E-state index in [1.807, 2.05) is 25.1 Å². The highest BCUT2D eigenvalue weighted by Crippen LogP contribution is 2.27. The average Bonchev–Trinajstić information content (AvgIpc) is 2.69. The number of rotatable bonds is 9. The second-order valence-corrected chi connectivity index (χ2v) is 6.00. The van der Waals surface area contributed by atoms with Gasteiger partial charge in [-0.15, -0.1) is 24.0 Å². The van der Waals surface area contributed by atoms with Crippen LogP contribution in [0.5, 0.6) is 11.5 Å². The molecule has 0 saturated carbocycles. The first-order chi connectivity index (χ1) is 13.2. The third-order valence-corrected chi connectivity index (χ3v) is 4.08. The van der Waals surface area contributed by atoms with Crippen molar-refractivity contribution in [2.45, 2.75) is 19.8 Å². The maximum Gasteiger partial charge on any atom is 0.191 e. The minimum Gasteiger partial charge on any atom is -0.493 e. The summed E-state index contributed by atoms with van der Waals surface area (Å²) in [5.74, 6) is 2.02. The fourth-order valence-electron chi connectivity index (χ4n) is 2.65. The molecular weight excluding hydrogens is 472 g/mol. The molecule has 28 heavy (non-hydrogen) atoms. The van der Waals surface area contributed by atoms with Gasteiger partial charge in [0.2, 0.25) is 0 Å². The molecule has 5 nitrogen and oxygen atoms in total. The number of hydrogen-bond donors (Lipinski definition) is 2. The molecule has 0 radical (unpaired) electrons. The summed E-state index contributed by atoms with van der Waals surface area (Å²) in [6.07, 6.45) is 1.61. The Hall–Kier alpha value is -2.03. The van der Waals surface area contributed by atoms with E-state index in [2.05, 4.69) is 15.6 Å². The largest absolute Gasteiger partial charge is 0.493 e. The molecule has 0 aliphatic heterocycles. The number of halogens is 2. The molecule has 0 saturated heterocycles. The molecule has 0 fully saturated rings. The zero-order valence-electron chi connectivity index (χ0n) is 16.6. The number of guanidine groups is 1. The molecule has 0 aliphatic carbocycles.